The minimum atomic E-state index is -5.19. The Morgan fingerprint density at radius 3 is 1.00 bits per heavy atom. The van der Waals surface area contributed by atoms with Gasteiger partial charge in [0.05, 0.1) is 10.9 Å². The average Bonchev–Trinajstić information content (AvgIpc) is 2.66. The minimum Gasteiger partial charge on any atom is -0.542 e. The fraction of sp³-hybridized carbons (Fsp3) is 0.0500. The molecule has 2 nitrogen and oxygen atoms in total. The summed E-state index contributed by atoms with van der Waals surface area (Å²) in [4.78, 5) is 11.5. The number of carboxylic acids is 1. The molecule has 0 atom stereocenters. The van der Waals surface area contributed by atoms with Crippen LogP contribution in [0.2, 0.25) is 0 Å². The third kappa shape index (κ3) is 6.56. The third-order valence-corrected chi connectivity index (χ3v) is 5.61. The number of hydrogen-bond donors (Lipinski definition) is 0. The van der Waals surface area contributed by atoms with Crippen molar-refractivity contribution in [2.24, 2.45) is 0 Å². The van der Waals surface area contributed by atoms with Gasteiger partial charge in [-0.15, -0.1) is 0 Å². The zero-order valence-electron chi connectivity index (χ0n) is 14.4. The van der Waals surface area contributed by atoms with Crippen molar-refractivity contribution in [3.63, 3.8) is 0 Å². The molecule has 0 spiro atoms. The lowest BCUT2D eigenvalue weighted by molar-refractivity contribution is -0.344. The van der Waals surface area contributed by atoms with Crippen LogP contribution in [0.1, 0.15) is 0 Å². The summed E-state index contributed by atoms with van der Waals surface area (Å²) >= 11 is 0. The van der Waals surface area contributed by atoms with Gasteiger partial charge >= 0.3 is 6.18 Å². The standard InChI is InChI=1S/C18H12F3S.C2HF3O2/c19-13-1-7-16(8-2-13)22(17-9-3-14(20)4-10-17)18-11-5-15(21)6-12-18;3-2(4,5)1(6)7/h1-12H;(H,6,7)/q+1;/p-1. The summed E-state index contributed by atoms with van der Waals surface area (Å²) in [6.45, 7) is 0. The second kappa shape index (κ2) is 9.51. The number of halogens is 6. The van der Waals surface area contributed by atoms with Gasteiger partial charge < -0.3 is 9.90 Å². The van der Waals surface area contributed by atoms with Crippen molar-refractivity contribution < 1.29 is 36.2 Å². The van der Waals surface area contributed by atoms with Crippen LogP contribution in [0, 0.1) is 17.5 Å². The van der Waals surface area contributed by atoms with Crippen LogP contribution in [0.4, 0.5) is 26.3 Å². The zero-order chi connectivity index (χ0) is 21.6. The monoisotopic (exact) mass is 430 g/mol. The Bertz CT molecular complexity index is 831. The van der Waals surface area contributed by atoms with E-state index in [-0.39, 0.29) is 17.5 Å². The van der Waals surface area contributed by atoms with Crippen molar-refractivity contribution in [2.75, 3.05) is 0 Å². The molecule has 3 aromatic rings. The van der Waals surface area contributed by atoms with E-state index in [2.05, 4.69) is 0 Å². The molecule has 0 saturated carbocycles. The number of rotatable bonds is 3. The van der Waals surface area contributed by atoms with Crippen LogP contribution in [0.3, 0.4) is 0 Å². The zero-order valence-corrected chi connectivity index (χ0v) is 15.2. The SMILES string of the molecule is Fc1ccc([S+](c2ccc(F)cc2)c2ccc(F)cc2)cc1.O=C([O-])C(F)(F)F. The summed E-state index contributed by atoms with van der Waals surface area (Å²) in [6.07, 6.45) is -5.19. The van der Waals surface area contributed by atoms with Crippen LogP contribution in [0.15, 0.2) is 87.5 Å². The van der Waals surface area contributed by atoms with Crippen LogP contribution in [-0.4, -0.2) is 12.1 Å². The highest BCUT2D eigenvalue weighted by atomic mass is 32.2. The van der Waals surface area contributed by atoms with Crippen molar-refractivity contribution in [1.29, 1.82) is 0 Å². The van der Waals surface area contributed by atoms with Crippen molar-refractivity contribution in [2.45, 2.75) is 20.9 Å². The maximum Gasteiger partial charge on any atom is 0.430 e. The molecule has 29 heavy (non-hydrogen) atoms. The first-order valence-corrected chi connectivity index (χ1v) is 9.09. The lowest BCUT2D eigenvalue weighted by atomic mass is 10.3. The Morgan fingerprint density at radius 1 is 0.621 bits per heavy atom. The van der Waals surface area contributed by atoms with E-state index in [4.69, 9.17) is 9.90 Å². The average molecular weight is 430 g/mol. The van der Waals surface area contributed by atoms with Crippen LogP contribution >= 0.6 is 0 Å². The van der Waals surface area contributed by atoms with Gasteiger partial charge in [0.25, 0.3) is 0 Å². The second-order valence-corrected chi connectivity index (χ2v) is 7.48. The molecule has 0 aliphatic heterocycles. The summed E-state index contributed by atoms with van der Waals surface area (Å²) < 4.78 is 71.0. The number of carboxylic acid groups (broad SMARTS) is 1. The number of benzene rings is 3. The Hall–Kier alpha value is -2.94. The number of alkyl halides is 3. The first-order valence-electron chi connectivity index (χ1n) is 7.87. The van der Waals surface area contributed by atoms with Crippen molar-refractivity contribution in [1.82, 2.24) is 0 Å². The Labute approximate surface area is 164 Å². The number of carbonyl (C=O) groups is 1. The largest absolute Gasteiger partial charge is 0.542 e. The minimum absolute atomic E-state index is 0.314. The number of carbonyl (C=O) groups excluding carboxylic acids is 1. The molecule has 0 unspecified atom stereocenters. The van der Waals surface area contributed by atoms with Crippen molar-refractivity contribution in [3.8, 4) is 0 Å². The van der Waals surface area contributed by atoms with Crippen LogP contribution < -0.4 is 5.11 Å². The first kappa shape index (κ1) is 22.4. The molecule has 0 aromatic heterocycles. The Morgan fingerprint density at radius 2 is 0.828 bits per heavy atom. The summed E-state index contributed by atoms with van der Waals surface area (Å²) in [7, 11) is -0.539. The van der Waals surface area contributed by atoms with E-state index >= 15 is 0 Å². The highest BCUT2D eigenvalue weighted by Crippen LogP contribution is 2.31. The molecule has 0 fully saturated rings. The van der Waals surface area contributed by atoms with Gasteiger partial charge in [-0.3, -0.25) is 0 Å². The lowest BCUT2D eigenvalue weighted by Crippen LogP contribution is -2.37. The topological polar surface area (TPSA) is 40.1 Å². The van der Waals surface area contributed by atoms with Gasteiger partial charge in [0.15, 0.2) is 14.7 Å². The molecule has 0 radical (unpaired) electrons. The molecule has 9 heteroatoms. The van der Waals surface area contributed by atoms with Crippen molar-refractivity contribution >= 4 is 16.9 Å². The van der Waals surface area contributed by atoms with E-state index < -0.39 is 23.0 Å². The highest BCUT2D eigenvalue weighted by Gasteiger charge is 2.29. The van der Waals surface area contributed by atoms with E-state index in [1.165, 1.54) is 36.4 Å². The smallest absolute Gasteiger partial charge is 0.430 e. The molecule has 152 valence electrons. The van der Waals surface area contributed by atoms with Crippen LogP contribution in [0.25, 0.3) is 0 Å². The molecule has 0 bridgehead atoms. The quantitative estimate of drug-likeness (QED) is 0.454. The summed E-state index contributed by atoms with van der Waals surface area (Å²) in [6, 6.07) is 18.5. The predicted molar refractivity (Wildman–Crippen MR) is 92.4 cm³/mol. The summed E-state index contributed by atoms with van der Waals surface area (Å²) in [5.41, 5.74) is 0. The molecule has 0 amide bonds. The molecule has 0 saturated heterocycles. The van der Waals surface area contributed by atoms with Gasteiger partial charge in [0, 0.05) is 0 Å². The van der Waals surface area contributed by atoms with Gasteiger partial charge in [-0.25, -0.2) is 13.2 Å². The molecule has 3 rings (SSSR count). The van der Waals surface area contributed by atoms with Gasteiger partial charge in [-0.05, 0) is 72.8 Å². The van der Waals surface area contributed by atoms with E-state index in [1.807, 2.05) is 0 Å². The predicted octanol–water partition coefficient (Wildman–Crippen LogP) is 4.50. The van der Waals surface area contributed by atoms with Gasteiger partial charge in [-0.2, -0.15) is 13.2 Å². The van der Waals surface area contributed by atoms with E-state index in [9.17, 15) is 26.3 Å². The number of aliphatic carboxylic acids is 1. The van der Waals surface area contributed by atoms with Crippen LogP contribution in [0.5, 0.6) is 0 Å². The normalized spacial score (nSPS) is 11.0. The van der Waals surface area contributed by atoms with E-state index in [0.717, 1.165) is 14.7 Å². The fourth-order valence-corrected chi connectivity index (χ4v) is 4.16. The molecular formula is C20H12F6O2S. The molecule has 0 heterocycles. The molecular weight excluding hydrogens is 418 g/mol. The van der Waals surface area contributed by atoms with E-state index in [1.54, 1.807) is 36.4 Å². The second-order valence-electron chi connectivity index (χ2n) is 5.45. The lowest BCUT2D eigenvalue weighted by Gasteiger charge is -2.08. The molecule has 0 aliphatic rings. The fourth-order valence-electron chi connectivity index (χ4n) is 2.12. The van der Waals surface area contributed by atoms with Gasteiger partial charge in [-0.1, -0.05) is 0 Å². The maximum absolute atomic E-state index is 13.2. The Kier molecular flexibility index (Phi) is 7.33. The van der Waals surface area contributed by atoms with Gasteiger partial charge in [0.1, 0.15) is 23.4 Å². The first-order chi connectivity index (χ1) is 13.6. The maximum atomic E-state index is 13.2. The van der Waals surface area contributed by atoms with Gasteiger partial charge in [0.2, 0.25) is 0 Å². The van der Waals surface area contributed by atoms with E-state index in [0.29, 0.717) is 0 Å². The van der Waals surface area contributed by atoms with Crippen molar-refractivity contribution in [3.05, 3.63) is 90.2 Å². The molecule has 0 N–H and O–H groups in total. The Balaban J connectivity index is 0.000000370. The molecule has 0 aliphatic carbocycles. The third-order valence-electron chi connectivity index (χ3n) is 3.38. The summed E-state index contributed by atoms with van der Waals surface area (Å²) in [5.74, 6) is -3.95. The number of hydrogen-bond acceptors (Lipinski definition) is 2. The highest BCUT2D eigenvalue weighted by molar-refractivity contribution is 7.97. The summed E-state index contributed by atoms with van der Waals surface area (Å²) in [5, 5.41) is 8.78. The van der Waals surface area contributed by atoms with Crippen LogP contribution in [-0.2, 0) is 15.7 Å². The molecule has 3 aromatic carbocycles.